The van der Waals surface area contributed by atoms with Crippen LogP contribution in [0.4, 0.5) is 0 Å². The maximum Gasteiger partial charge on any atom is 0.235 e. The highest BCUT2D eigenvalue weighted by Gasteiger charge is 2.26. The molecule has 1 heterocycles. The van der Waals surface area contributed by atoms with E-state index in [-0.39, 0.29) is 5.91 Å². The van der Waals surface area contributed by atoms with Gasteiger partial charge in [0.15, 0.2) is 0 Å². The van der Waals surface area contributed by atoms with Crippen LogP contribution in [0.25, 0.3) is 0 Å². The van der Waals surface area contributed by atoms with Gasteiger partial charge >= 0.3 is 0 Å². The molecule has 1 fully saturated rings. The lowest BCUT2D eigenvalue weighted by atomic mass is 10.2. The summed E-state index contributed by atoms with van der Waals surface area (Å²) in [6, 6.07) is 0.366. The Kier molecular flexibility index (Phi) is 2.49. The molecule has 0 aliphatic carbocycles. The van der Waals surface area contributed by atoms with Crippen molar-refractivity contribution in [3.05, 3.63) is 0 Å². The molecule has 0 aromatic carbocycles. The first kappa shape index (κ1) is 8.53. The van der Waals surface area contributed by atoms with E-state index in [0.717, 1.165) is 6.54 Å². The Morgan fingerprint density at radius 2 is 2.36 bits per heavy atom. The molecule has 0 saturated carbocycles. The number of amides is 1. The Labute approximate surface area is 67.7 Å². The van der Waals surface area contributed by atoms with Crippen LogP contribution in [0.15, 0.2) is 0 Å². The molecule has 1 atom stereocenters. The normalized spacial score (nSPS) is 26.2. The third-order valence-corrected chi connectivity index (χ3v) is 1.84. The minimum atomic E-state index is 0.151. The molecule has 0 radical (unpaired) electrons. The summed E-state index contributed by atoms with van der Waals surface area (Å²) >= 11 is 0. The largest absolute Gasteiger partial charge is 0.289 e. The van der Waals surface area contributed by atoms with Crippen LogP contribution < -0.4 is 5.43 Å². The van der Waals surface area contributed by atoms with E-state index in [1.54, 1.807) is 0 Å². The van der Waals surface area contributed by atoms with E-state index in [9.17, 15) is 4.79 Å². The SMILES string of the molecule is CC(C)CN1NC(=O)C[C@@H]1C. The average molecular weight is 156 g/mol. The minimum absolute atomic E-state index is 0.151. The first-order valence-corrected chi connectivity index (χ1v) is 4.15. The van der Waals surface area contributed by atoms with Crippen LogP contribution in [0.1, 0.15) is 27.2 Å². The van der Waals surface area contributed by atoms with Crippen LogP contribution >= 0.6 is 0 Å². The quantitative estimate of drug-likeness (QED) is 0.640. The van der Waals surface area contributed by atoms with E-state index in [2.05, 4.69) is 26.2 Å². The molecule has 1 saturated heterocycles. The minimum Gasteiger partial charge on any atom is -0.289 e. The van der Waals surface area contributed by atoms with Gasteiger partial charge in [0.05, 0.1) is 0 Å². The van der Waals surface area contributed by atoms with Crippen molar-refractivity contribution in [1.82, 2.24) is 10.4 Å². The van der Waals surface area contributed by atoms with E-state index in [1.165, 1.54) is 0 Å². The van der Waals surface area contributed by atoms with Crippen molar-refractivity contribution in [2.24, 2.45) is 5.92 Å². The molecule has 1 amide bonds. The zero-order valence-corrected chi connectivity index (χ0v) is 7.42. The first-order valence-electron chi connectivity index (χ1n) is 4.15. The topological polar surface area (TPSA) is 32.3 Å². The van der Waals surface area contributed by atoms with Crippen molar-refractivity contribution in [2.45, 2.75) is 33.2 Å². The smallest absolute Gasteiger partial charge is 0.235 e. The van der Waals surface area contributed by atoms with Crippen molar-refractivity contribution in [2.75, 3.05) is 6.54 Å². The van der Waals surface area contributed by atoms with Gasteiger partial charge in [0.1, 0.15) is 0 Å². The molecule has 64 valence electrons. The van der Waals surface area contributed by atoms with Crippen LogP contribution in [0.2, 0.25) is 0 Å². The molecule has 1 N–H and O–H groups in total. The fourth-order valence-electron chi connectivity index (χ4n) is 1.31. The zero-order chi connectivity index (χ0) is 8.43. The number of carbonyl (C=O) groups is 1. The van der Waals surface area contributed by atoms with Crippen LogP contribution in [0.5, 0.6) is 0 Å². The van der Waals surface area contributed by atoms with E-state index in [1.807, 2.05) is 5.01 Å². The van der Waals surface area contributed by atoms with Crippen molar-refractivity contribution >= 4 is 5.91 Å². The molecule has 0 aromatic heterocycles. The van der Waals surface area contributed by atoms with E-state index >= 15 is 0 Å². The summed E-state index contributed by atoms with van der Waals surface area (Å²) in [5, 5.41) is 2.02. The lowest BCUT2D eigenvalue weighted by Gasteiger charge is -2.21. The highest BCUT2D eigenvalue weighted by molar-refractivity contribution is 5.77. The molecule has 0 aromatic rings. The number of nitrogens with one attached hydrogen (secondary N) is 1. The summed E-state index contributed by atoms with van der Waals surface area (Å²) < 4.78 is 0. The number of carbonyl (C=O) groups excluding carboxylic acids is 1. The molecular formula is C8H16N2O. The Hall–Kier alpha value is -0.570. The molecule has 1 aliphatic rings. The maximum absolute atomic E-state index is 10.9. The summed E-state index contributed by atoms with van der Waals surface area (Å²) in [6.07, 6.45) is 0.646. The molecule has 3 heteroatoms. The average Bonchev–Trinajstić information content (AvgIpc) is 2.09. The summed E-state index contributed by atoms with van der Waals surface area (Å²) in [5.74, 6) is 0.758. The maximum atomic E-state index is 10.9. The van der Waals surface area contributed by atoms with Gasteiger partial charge in [0, 0.05) is 19.0 Å². The predicted molar refractivity (Wildman–Crippen MR) is 43.8 cm³/mol. The zero-order valence-electron chi connectivity index (χ0n) is 7.42. The highest BCUT2D eigenvalue weighted by atomic mass is 16.2. The van der Waals surface area contributed by atoms with Crippen molar-refractivity contribution < 1.29 is 4.79 Å². The van der Waals surface area contributed by atoms with Gasteiger partial charge in [-0.05, 0) is 12.8 Å². The van der Waals surface area contributed by atoms with Crippen LogP contribution in [0.3, 0.4) is 0 Å². The molecule has 3 nitrogen and oxygen atoms in total. The van der Waals surface area contributed by atoms with Crippen molar-refractivity contribution in [3.63, 3.8) is 0 Å². The Bertz CT molecular complexity index is 156. The van der Waals surface area contributed by atoms with Crippen molar-refractivity contribution in [1.29, 1.82) is 0 Å². The highest BCUT2D eigenvalue weighted by Crippen LogP contribution is 2.10. The number of rotatable bonds is 2. The number of hydrogen-bond donors (Lipinski definition) is 1. The molecule has 0 unspecified atom stereocenters. The molecule has 11 heavy (non-hydrogen) atoms. The molecule has 1 rings (SSSR count). The molecule has 1 aliphatic heterocycles. The van der Waals surface area contributed by atoms with Crippen LogP contribution in [0, 0.1) is 5.92 Å². The van der Waals surface area contributed by atoms with E-state index in [4.69, 9.17) is 0 Å². The van der Waals surface area contributed by atoms with Crippen LogP contribution in [-0.4, -0.2) is 23.5 Å². The number of hydrogen-bond acceptors (Lipinski definition) is 2. The van der Waals surface area contributed by atoms with E-state index in [0.29, 0.717) is 18.4 Å². The monoisotopic (exact) mass is 156 g/mol. The van der Waals surface area contributed by atoms with Crippen LogP contribution in [-0.2, 0) is 4.79 Å². The Morgan fingerprint density at radius 1 is 1.73 bits per heavy atom. The van der Waals surface area contributed by atoms with Gasteiger partial charge < -0.3 is 0 Å². The summed E-state index contributed by atoms with van der Waals surface area (Å²) in [6.45, 7) is 7.32. The van der Waals surface area contributed by atoms with E-state index < -0.39 is 0 Å². The summed E-state index contributed by atoms with van der Waals surface area (Å²) in [7, 11) is 0. The number of nitrogens with zero attached hydrogens (tertiary/aromatic N) is 1. The molecule has 0 spiro atoms. The first-order chi connectivity index (χ1) is 5.09. The second-order valence-electron chi connectivity index (χ2n) is 3.63. The Balaban J connectivity index is 2.40. The Morgan fingerprint density at radius 3 is 2.73 bits per heavy atom. The van der Waals surface area contributed by atoms with Gasteiger partial charge in [0.25, 0.3) is 0 Å². The second-order valence-corrected chi connectivity index (χ2v) is 3.63. The lowest BCUT2D eigenvalue weighted by molar-refractivity contribution is -0.121. The summed E-state index contributed by atoms with van der Waals surface area (Å²) in [4.78, 5) is 10.9. The fraction of sp³-hybridized carbons (Fsp3) is 0.875. The van der Waals surface area contributed by atoms with Gasteiger partial charge in [-0.3, -0.25) is 10.2 Å². The molecular weight excluding hydrogens is 140 g/mol. The van der Waals surface area contributed by atoms with Crippen molar-refractivity contribution in [3.8, 4) is 0 Å². The summed E-state index contributed by atoms with van der Waals surface area (Å²) in [5.41, 5.74) is 2.83. The van der Waals surface area contributed by atoms with Gasteiger partial charge in [-0.25, -0.2) is 5.01 Å². The standard InChI is InChI=1S/C8H16N2O/c1-6(2)5-10-7(3)4-8(11)9-10/h6-7H,4-5H2,1-3H3,(H,9,11)/t7-/m0/s1. The lowest BCUT2D eigenvalue weighted by Crippen LogP contribution is -2.39. The predicted octanol–water partition coefficient (Wildman–Crippen LogP) is 0.768. The number of hydrazine groups is 1. The van der Waals surface area contributed by atoms with Gasteiger partial charge in [-0.2, -0.15) is 0 Å². The van der Waals surface area contributed by atoms with Gasteiger partial charge in [0.2, 0.25) is 5.91 Å². The molecule has 0 bridgehead atoms. The fourth-order valence-corrected chi connectivity index (χ4v) is 1.31. The third kappa shape index (κ3) is 2.19. The van der Waals surface area contributed by atoms with Gasteiger partial charge in [-0.1, -0.05) is 13.8 Å². The van der Waals surface area contributed by atoms with Gasteiger partial charge in [-0.15, -0.1) is 0 Å². The second kappa shape index (κ2) is 3.22. The third-order valence-electron chi connectivity index (χ3n) is 1.84.